The highest BCUT2D eigenvalue weighted by molar-refractivity contribution is 7.99. The predicted octanol–water partition coefficient (Wildman–Crippen LogP) is 4.22. The average molecular weight is 301 g/mol. The van der Waals surface area contributed by atoms with Gasteiger partial charge in [0.1, 0.15) is 5.75 Å². The van der Waals surface area contributed by atoms with Gasteiger partial charge in [-0.1, -0.05) is 36.8 Å². The third-order valence-electron chi connectivity index (χ3n) is 4.50. The van der Waals surface area contributed by atoms with Crippen molar-refractivity contribution in [2.45, 2.75) is 37.1 Å². The second-order valence-corrected chi connectivity index (χ2v) is 6.74. The van der Waals surface area contributed by atoms with Gasteiger partial charge in [0.15, 0.2) is 0 Å². The molecule has 2 aromatic carbocycles. The van der Waals surface area contributed by atoms with Crippen LogP contribution in [0.25, 0.3) is 10.8 Å². The molecule has 3 heteroatoms. The van der Waals surface area contributed by atoms with Crippen molar-refractivity contribution in [3.63, 3.8) is 0 Å². The number of benzene rings is 2. The lowest BCUT2D eigenvalue weighted by Gasteiger charge is -2.20. The van der Waals surface area contributed by atoms with Gasteiger partial charge < -0.3 is 10.1 Å². The Morgan fingerprint density at radius 1 is 1.14 bits per heavy atom. The Morgan fingerprint density at radius 2 is 1.95 bits per heavy atom. The lowest BCUT2D eigenvalue weighted by atomic mass is 10.0. The molecule has 21 heavy (non-hydrogen) atoms. The fraction of sp³-hybridized carbons (Fsp3) is 0.444. The third kappa shape index (κ3) is 3.04. The van der Waals surface area contributed by atoms with Gasteiger partial charge in [-0.3, -0.25) is 0 Å². The number of nitrogens with one attached hydrogen (secondary N) is 1. The van der Waals surface area contributed by atoms with Crippen molar-refractivity contribution in [1.82, 2.24) is 5.32 Å². The summed E-state index contributed by atoms with van der Waals surface area (Å²) in [6.07, 6.45) is 6.24. The van der Waals surface area contributed by atoms with Gasteiger partial charge in [-0.15, -0.1) is 0 Å². The first-order chi connectivity index (χ1) is 10.3. The highest BCUT2D eigenvalue weighted by atomic mass is 32.2. The van der Waals surface area contributed by atoms with Gasteiger partial charge >= 0.3 is 0 Å². The summed E-state index contributed by atoms with van der Waals surface area (Å²) < 4.78 is 5.47. The minimum atomic E-state index is 0.654. The Bertz CT molecular complexity index is 613. The smallest absolute Gasteiger partial charge is 0.126 e. The molecular formula is C18H23NOS. The number of hydrogen-bond acceptors (Lipinski definition) is 3. The molecule has 2 nitrogen and oxygen atoms in total. The van der Waals surface area contributed by atoms with Crippen molar-refractivity contribution in [2.75, 3.05) is 13.4 Å². The highest BCUT2D eigenvalue weighted by Crippen LogP contribution is 2.30. The molecule has 0 radical (unpaired) electrons. The Labute approximate surface area is 131 Å². The lowest BCUT2D eigenvalue weighted by Crippen LogP contribution is -2.33. The molecule has 2 aromatic rings. The number of thioether (sulfide) groups is 1. The van der Waals surface area contributed by atoms with E-state index in [4.69, 9.17) is 4.74 Å². The van der Waals surface area contributed by atoms with Crippen LogP contribution in [0.4, 0.5) is 0 Å². The number of rotatable bonds is 5. The van der Waals surface area contributed by atoms with Crippen molar-refractivity contribution in [2.24, 2.45) is 0 Å². The summed E-state index contributed by atoms with van der Waals surface area (Å²) >= 11 is 2.00. The summed E-state index contributed by atoms with van der Waals surface area (Å²) in [5.74, 6) is 0.956. The second kappa shape index (κ2) is 6.71. The standard InChI is InChI=1S/C18H23NOS/c1-20-17-11-10-13(14-6-3-4-7-15(14)17)12-19-16-8-5-9-18(16)21-2/h3-4,6-7,10-11,16,18-19H,5,8-9,12H2,1-2H3. The summed E-state index contributed by atoms with van der Waals surface area (Å²) in [4.78, 5) is 0. The van der Waals surface area contributed by atoms with Crippen LogP contribution in [-0.4, -0.2) is 24.7 Å². The van der Waals surface area contributed by atoms with Gasteiger partial charge in [0.05, 0.1) is 7.11 Å². The zero-order chi connectivity index (χ0) is 14.7. The van der Waals surface area contributed by atoms with E-state index >= 15 is 0 Å². The molecule has 0 spiro atoms. The van der Waals surface area contributed by atoms with E-state index in [1.54, 1.807) is 7.11 Å². The lowest BCUT2D eigenvalue weighted by molar-refractivity contribution is 0.419. The average Bonchev–Trinajstić information content (AvgIpc) is 3.00. The van der Waals surface area contributed by atoms with E-state index < -0.39 is 0 Å². The zero-order valence-corrected chi connectivity index (χ0v) is 13.6. The Morgan fingerprint density at radius 3 is 2.71 bits per heavy atom. The molecule has 1 aliphatic carbocycles. The number of hydrogen-bond donors (Lipinski definition) is 1. The quantitative estimate of drug-likeness (QED) is 0.893. The minimum Gasteiger partial charge on any atom is -0.496 e. The summed E-state index contributed by atoms with van der Waals surface area (Å²) in [6.45, 7) is 0.937. The van der Waals surface area contributed by atoms with Crippen LogP contribution in [0.3, 0.4) is 0 Å². The molecule has 1 aliphatic rings. The Balaban J connectivity index is 1.81. The second-order valence-electron chi connectivity index (χ2n) is 5.66. The molecule has 1 fully saturated rings. The number of methoxy groups -OCH3 is 1. The molecule has 0 saturated heterocycles. The molecule has 0 aromatic heterocycles. The molecule has 1 saturated carbocycles. The zero-order valence-electron chi connectivity index (χ0n) is 12.8. The molecule has 2 unspecified atom stereocenters. The third-order valence-corrected chi connectivity index (χ3v) is 5.67. The summed E-state index contributed by atoms with van der Waals surface area (Å²) in [5.41, 5.74) is 1.36. The highest BCUT2D eigenvalue weighted by Gasteiger charge is 2.25. The van der Waals surface area contributed by atoms with E-state index in [9.17, 15) is 0 Å². The first-order valence-electron chi connectivity index (χ1n) is 7.64. The van der Waals surface area contributed by atoms with Crippen LogP contribution in [0.1, 0.15) is 24.8 Å². The van der Waals surface area contributed by atoms with Crippen LogP contribution in [0, 0.1) is 0 Å². The molecule has 0 heterocycles. The topological polar surface area (TPSA) is 21.3 Å². The predicted molar refractivity (Wildman–Crippen MR) is 92.3 cm³/mol. The number of ether oxygens (including phenoxy) is 1. The van der Waals surface area contributed by atoms with Crippen molar-refractivity contribution in [3.8, 4) is 5.75 Å². The van der Waals surface area contributed by atoms with Gasteiger partial charge in [0.25, 0.3) is 0 Å². The minimum absolute atomic E-state index is 0.654. The fourth-order valence-corrected chi connectivity index (χ4v) is 4.31. The SMILES string of the molecule is COc1ccc(CNC2CCCC2SC)c2ccccc12. The molecule has 2 atom stereocenters. The molecule has 0 aliphatic heterocycles. The van der Waals surface area contributed by atoms with Crippen molar-refractivity contribution in [3.05, 3.63) is 42.0 Å². The van der Waals surface area contributed by atoms with Gasteiger partial charge in [-0.25, -0.2) is 0 Å². The van der Waals surface area contributed by atoms with Crippen LogP contribution >= 0.6 is 11.8 Å². The monoisotopic (exact) mass is 301 g/mol. The maximum absolute atomic E-state index is 5.47. The largest absolute Gasteiger partial charge is 0.496 e. The van der Waals surface area contributed by atoms with Crippen LogP contribution in [0.2, 0.25) is 0 Å². The van der Waals surface area contributed by atoms with Crippen LogP contribution in [-0.2, 0) is 6.54 Å². The van der Waals surface area contributed by atoms with E-state index in [-0.39, 0.29) is 0 Å². The summed E-state index contributed by atoms with van der Waals surface area (Å²) in [7, 11) is 1.74. The van der Waals surface area contributed by atoms with E-state index in [1.165, 1.54) is 35.6 Å². The van der Waals surface area contributed by atoms with E-state index in [2.05, 4.69) is 48.0 Å². The van der Waals surface area contributed by atoms with Crippen molar-refractivity contribution >= 4 is 22.5 Å². The van der Waals surface area contributed by atoms with Crippen LogP contribution in [0.15, 0.2) is 36.4 Å². The first kappa shape index (κ1) is 14.7. The first-order valence-corrected chi connectivity index (χ1v) is 8.93. The van der Waals surface area contributed by atoms with Crippen LogP contribution in [0.5, 0.6) is 5.75 Å². The molecule has 0 amide bonds. The fourth-order valence-electron chi connectivity index (χ4n) is 3.35. The maximum atomic E-state index is 5.47. The maximum Gasteiger partial charge on any atom is 0.126 e. The molecule has 3 rings (SSSR count). The summed E-state index contributed by atoms with van der Waals surface area (Å²) in [6, 6.07) is 13.4. The Hall–Kier alpha value is -1.19. The van der Waals surface area contributed by atoms with Crippen LogP contribution < -0.4 is 10.1 Å². The Kier molecular flexibility index (Phi) is 4.71. The van der Waals surface area contributed by atoms with Gasteiger partial charge in [-0.2, -0.15) is 11.8 Å². The van der Waals surface area contributed by atoms with Gasteiger partial charge in [-0.05, 0) is 36.1 Å². The van der Waals surface area contributed by atoms with Crippen molar-refractivity contribution < 1.29 is 4.74 Å². The molecule has 112 valence electrons. The van der Waals surface area contributed by atoms with Crippen molar-refractivity contribution in [1.29, 1.82) is 0 Å². The normalized spacial score (nSPS) is 21.8. The van der Waals surface area contributed by atoms with E-state index in [0.717, 1.165) is 17.5 Å². The molecular weight excluding hydrogens is 278 g/mol. The summed E-state index contributed by atoms with van der Waals surface area (Å²) in [5, 5.41) is 7.04. The molecule has 1 N–H and O–H groups in total. The van der Waals surface area contributed by atoms with Gasteiger partial charge in [0, 0.05) is 23.2 Å². The molecule has 0 bridgehead atoms. The van der Waals surface area contributed by atoms with E-state index in [1.807, 2.05) is 11.8 Å². The van der Waals surface area contributed by atoms with E-state index in [0.29, 0.717) is 6.04 Å². The van der Waals surface area contributed by atoms with Gasteiger partial charge in [0.2, 0.25) is 0 Å². The number of fused-ring (bicyclic) bond motifs is 1.